The Hall–Kier alpha value is -2.03. The highest BCUT2D eigenvalue weighted by Crippen LogP contribution is 2.17. The molecule has 0 unspecified atom stereocenters. The zero-order valence-electron chi connectivity index (χ0n) is 17.6. The normalized spacial score (nSPS) is 13.8. The van der Waals surface area contributed by atoms with Crippen LogP contribution in [0.5, 0.6) is 5.75 Å². The fourth-order valence-electron chi connectivity index (χ4n) is 3.43. The third kappa shape index (κ3) is 6.76. The average molecular weight is 509 g/mol. The SMILES string of the molecule is CCOc1ccc(CN(C)C(=NC)NCc2ccc(N3CCCC3)nc2)cc1.I. The van der Waals surface area contributed by atoms with Crippen molar-refractivity contribution in [1.82, 2.24) is 15.2 Å². The van der Waals surface area contributed by atoms with Crippen LogP contribution in [0, 0.1) is 0 Å². The number of halogens is 1. The van der Waals surface area contributed by atoms with E-state index < -0.39 is 0 Å². The van der Waals surface area contributed by atoms with Crippen molar-refractivity contribution in [2.75, 3.05) is 38.7 Å². The first-order chi connectivity index (χ1) is 13.7. The maximum absolute atomic E-state index is 5.50. The standard InChI is InChI=1S/C22H31N5O.HI/c1-4-28-20-10-7-18(8-11-20)17-26(3)22(23-2)25-16-19-9-12-21(24-15-19)27-13-5-6-14-27;/h7-12,15H,4-6,13-14,16-17H2,1-3H3,(H,23,25);1H. The van der Waals surface area contributed by atoms with E-state index >= 15 is 0 Å². The number of anilines is 1. The number of nitrogens with zero attached hydrogens (tertiary/aromatic N) is 4. The molecule has 1 saturated heterocycles. The van der Waals surface area contributed by atoms with Gasteiger partial charge in [-0.25, -0.2) is 4.98 Å². The van der Waals surface area contributed by atoms with E-state index in [9.17, 15) is 0 Å². The highest BCUT2D eigenvalue weighted by atomic mass is 127. The lowest BCUT2D eigenvalue weighted by Gasteiger charge is -2.22. The molecular weight excluding hydrogens is 477 g/mol. The van der Waals surface area contributed by atoms with Gasteiger partial charge < -0.3 is 19.9 Å². The van der Waals surface area contributed by atoms with Gasteiger partial charge in [0.05, 0.1) is 6.61 Å². The first-order valence-electron chi connectivity index (χ1n) is 10.0. The summed E-state index contributed by atoms with van der Waals surface area (Å²) in [5.74, 6) is 2.84. The number of hydrogen-bond acceptors (Lipinski definition) is 4. The van der Waals surface area contributed by atoms with Crippen LogP contribution in [-0.2, 0) is 13.1 Å². The number of ether oxygens (including phenoxy) is 1. The molecule has 0 aliphatic carbocycles. The van der Waals surface area contributed by atoms with Gasteiger partial charge in [0.2, 0.25) is 0 Å². The summed E-state index contributed by atoms with van der Waals surface area (Å²) < 4.78 is 5.50. The molecule has 3 rings (SSSR count). The van der Waals surface area contributed by atoms with Crippen LogP contribution in [0.4, 0.5) is 5.82 Å². The van der Waals surface area contributed by atoms with E-state index in [-0.39, 0.29) is 24.0 Å². The van der Waals surface area contributed by atoms with Crippen LogP contribution in [0.3, 0.4) is 0 Å². The maximum Gasteiger partial charge on any atom is 0.193 e. The van der Waals surface area contributed by atoms with Crippen LogP contribution >= 0.6 is 24.0 Å². The lowest BCUT2D eigenvalue weighted by atomic mass is 10.2. The summed E-state index contributed by atoms with van der Waals surface area (Å²) in [4.78, 5) is 13.5. The van der Waals surface area contributed by atoms with Crippen LogP contribution in [0.1, 0.15) is 30.9 Å². The highest BCUT2D eigenvalue weighted by Gasteiger charge is 2.13. The van der Waals surface area contributed by atoms with Gasteiger partial charge in [-0.2, -0.15) is 0 Å². The Morgan fingerprint density at radius 2 is 1.83 bits per heavy atom. The molecule has 1 N–H and O–H groups in total. The molecule has 1 aliphatic rings. The zero-order chi connectivity index (χ0) is 19.8. The van der Waals surface area contributed by atoms with E-state index in [1.807, 2.05) is 39.3 Å². The summed E-state index contributed by atoms with van der Waals surface area (Å²) in [5.41, 5.74) is 2.36. The molecule has 29 heavy (non-hydrogen) atoms. The fourth-order valence-corrected chi connectivity index (χ4v) is 3.43. The van der Waals surface area contributed by atoms with Crippen LogP contribution in [-0.4, -0.2) is 49.6 Å². The number of aromatic nitrogens is 1. The number of guanidine groups is 1. The van der Waals surface area contributed by atoms with Crippen molar-refractivity contribution in [3.8, 4) is 5.75 Å². The minimum atomic E-state index is 0. The van der Waals surface area contributed by atoms with Gasteiger partial charge in [0.25, 0.3) is 0 Å². The first kappa shape index (κ1) is 23.3. The van der Waals surface area contributed by atoms with Crippen LogP contribution in [0.15, 0.2) is 47.6 Å². The van der Waals surface area contributed by atoms with E-state index in [0.717, 1.165) is 42.7 Å². The van der Waals surface area contributed by atoms with E-state index in [4.69, 9.17) is 4.74 Å². The molecule has 1 fully saturated rings. The second-order valence-electron chi connectivity index (χ2n) is 7.05. The topological polar surface area (TPSA) is 53.0 Å². The number of pyridine rings is 1. The minimum Gasteiger partial charge on any atom is -0.494 e. The van der Waals surface area contributed by atoms with Gasteiger partial charge in [-0.05, 0) is 49.1 Å². The number of rotatable bonds is 7. The molecular formula is C22H32IN5O. The molecule has 6 nitrogen and oxygen atoms in total. The van der Waals surface area contributed by atoms with Crippen LogP contribution in [0.25, 0.3) is 0 Å². The number of hydrogen-bond donors (Lipinski definition) is 1. The van der Waals surface area contributed by atoms with Gasteiger partial charge >= 0.3 is 0 Å². The smallest absolute Gasteiger partial charge is 0.193 e. The third-order valence-electron chi connectivity index (χ3n) is 4.92. The molecule has 0 bridgehead atoms. The predicted octanol–water partition coefficient (Wildman–Crippen LogP) is 3.91. The van der Waals surface area contributed by atoms with E-state index in [1.165, 1.54) is 18.4 Å². The van der Waals surface area contributed by atoms with Gasteiger partial charge in [0, 0.05) is 46.5 Å². The van der Waals surface area contributed by atoms with Gasteiger partial charge in [-0.3, -0.25) is 4.99 Å². The monoisotopic (exact) mass is 509 g/mol. The molecule has 1 aromatic heterocycles. The lowest BCUT2D eigenvalue weighted by molar-refractivity contribution is 0.340. The molecule has 158 valence electrons. The molecule has 0 radical (unpaired) electrons. The predicted molar refractivity (Wildman–Crippen MR) is 130 cm³/mol. The van der Waals surface area contributed by atoms with Gasteiger partial charge in [-0.1, -0.05) is 18.2 Å². The average Bonchev–Trinajstić information content (AvgIpc) is 3.25. The largest absolute Gasteiger partial charge is 0.494 e. The lowest BCUT2D eigenvalue weighted by Crippen LogP contribution is -2.38. The third-order valence-corrected chi connectivity index (χ3v) is 4.92. The van der Waals surface area contributed by atoms with Crippen molar-refractivity contribution in [2.24, 2.45) is 4.99 Å². The van der Waals surface area contributed by atoms with Crippen molar-refractivity contribution in [3.05, 3.63) is 53.7 Å². The van der Waals surface area contributed by atoms with Crippen molar-refractivity contribution in [2.45, 2.75) is 32.9 Å². The summed E-state index contributed by atoms with van der Waals surface area (Å²) in [7, 11) is 3.85. The molecule has 1 aromatic carbocycles. The van der Waals surface area contributed by atoms with E-state index in [0.29, 0.717) is 13.2 Å². The van der Waals surface area contributed by atoms with Crippen molar-refractivity contribution >= 4 is 35.8 Å². The van der Waals surface area contributed by atoms with E-state index in [2.05, 4.69) is 49.4 Å². The highest BCUT2D eigenvalue weighted by molar-refractivity contribution is 14.0. The molecule has 2 aromatic rings. The van der Waals surface area contributed by atoms with Crippen LogP contribution < -0.4 is 15.0 Å². The Balaban J connectivity index is 0.00000300. The summed E-state index contributed by atoms with van der Waals surface area (Å²) in [6, 6.07) is 12.5. The Morgan fingerprint density at radius 3 is 2.41 bits per heavy atom. The first-order valence-corrected chi connectivity index (χ1v) is 10.0. The van der Waals surface area contributed by atoms with Gasteiger partial charge in [0.1, 0.15) is 11.6 Å². The second kappa shape index (κ2) is 11.8. The molecule has 2 heterocycles. The zero-order valence-corrected chi connectivity index (χ0v) is 19.9. The van der Waals surface area contributed by atoms with E-state index in [1.54, 1.807) is 0 Å². The number of nitrogens with one attached hydrogen (secondary N) is 1. The van der Waals surface area contributed by atoms with Crippen molar-refractivity contribution in [1.29, 1.82) is 0 Å². The second-order valence-corrected chi connectivity index (χ2v) is 7.05. The molecule has 0 atom stereocenters. The van der Waals surface area contributed by atoms with Crippen LogP contribution in [0.2, 0.25) is 0 Å². The Bertz CT molecular complexity index is 758. The molecule has 0 amide bonds. The fraction of sp³-hybridized carbons (Fsp3) is 0.455. The van der Waals surface area contributed by atoms with Gasteiger partial charge in [0.15, 0.2) is 5.96 Å². The number of aliphatic imine (C=N–C) groups is 1. The Kier molecular flexibility index (Phi) is 9.50. The minimum absolute atomic E-state index is 0. The summed E-state index contributed by atoms with van der Waals surface area (Å²) in [6.45, 7) is 6.39. The maximum atomic E-state index is 5.50. The molecule has 7 heteroatoms. The molecule has 0 spiro atoms. The summed E-state index contributed by atoms with van der Waals surface area (Å²) in [6.07, 6.45) is 4.49. The van der Waals surface area contributed by atoms with Crippen molar-refractivity contribution < 1.29 is 4.74 Å². The Morgan fingerprint density at radius 1 is 1.14 bits per heavy atom. The number of benzene rings is 1. The van der Waals surface area contributed by atoms with Crippen molar-refractivity contribution in [3.63, 3.8) is 0 Å². The molecule has 1 aliphatic heterocycles. The summed E-state index contributed by atoms with van der Waals surface area (Å²) >= 11 is 0. The Labute approximate surface area is 191 Å². The summed E-state index contributed by atoms with van der Waals surface area (Å²) in [5, 5.41) is 3.42. The quantitative estimate of drug-likeness (QED) is 0.349. The molecule has 0 saturated carbocycles. The van der Waals surface area contributed by atoms with Gasteiger partial charge in [-0.15, -0.1) is 24.0 Å².